The second kappa shape index (κ2) is 8.67. The van der Waals surface area contributed by atoms with Gasteiger partial charge in [-0.15, -0.1) is 0 Å². The third-order valence-corrected chi connectivity index (χ3v) is 4.66. The van der Waals surface area contributed by atoms with Gasteiger partial charge in [-0.1, -0.05) is 12.1 Å². The van der Waals surface area contributed by atoms with E-state index in [-0.39, 0.29) is 18.2 Å². The van der Waals surface area contributed by atoms with Gasteiger partial charge >= 0.3 is 5.97 Å². The van der Waals surface area contributed by atoms with E-state index in [4.69, 9.17) is 4.74 Å². The highest BCUT2D eigenvalue weighted by Gasteiger charge is 2.39. The largest absolute Gasteiger partial charge is 0.497 e. The smallest absolute Gasteiger partial charge is 0.337 e. The minimum absolute atomic E-state index is 0.111. The van der Waals surface area contributed by atoms with Crippen LogP contribution in [0.5, 0.6) is 5.75 Å². The molecular formula is C21H22N2O5. The van der Waals surface area contributed by atoms with Gasteiger partial charge in [0.1, 0.15) is 5.75 Å². The van der Waals surface area contributed by atoms with E-state index in [0.717, 1.165) is 22.6 Å². The Morgan fingerprint density at radius 3 is 2.36 bits per heavy atom. The number of ether oxygens (including phenoxy) is 2. The molecule has 0 spiro atoms. The van der Waals surface area contributed by atoms with Gasteiger partial charge in [-0.3, -0.25) is 9.59 Å². The maximum Gasteiger partial charge on any atom is 0.337 e. The lowest BCUT2D eigenvalue weighted by Gasteiger charge is -2.16. The molecule has 1 aliphatic heterocycles. The fourth-order valence-electron chi connectivity index (χ4n) is 3.11. The number of carbonyl (C=O) groups excluding carboxylic acids is 3. The average molecular weight is 382 g/mol. The normalized spacial score (nSPS) is 16.4. The van der Waals surface area contributed by atoms with Crippen molar-refractivity contribution in [1.82, 2.24) is 5.32 Å². The Labute approximate surface area is 163 Å². The zero-order valence-corrected chi connectivity index (χ0v) is 15.8. The Morgan fingerprint density at radius 1 is 1.07 bits per heavy atom. The topological polar surface area (TPSA) is 84.9 Å². The summed E-state index contributed by atoms with van der Waals surface area (Å²) in [4.78, 5) is 37.7. The van der Waals surface area contributed by atoms with Gasteiger partial charge in [0.05, 0.1) is 37.9 Å². The van der Waals surface area contributed by atoms with Gasteiger partial charge in [0.15, 0.2) is 0 Å². The molecule has 1 saturated heterocycles. The molecule has 3 rings (SSSR count). The van der Waals surface area contributed by atoms with Gasteiger partial charge in [0, 0.05) is 0 Å². The third-order valence-electron chi connectivity index (χ3n) is 4.66. The standard InChI is InChI=1S/C21H22N2O5/c1-27-17-9-3-14(4-10-17)11-12-22-18-13-19(24)23(20(18)25)16-7-5-15(6-8-16)21(26)28-2/h3-10,18,22H,11-13H2,1-2H3. The van der Waals surface area contributed by atoms with Gasteiger partial charge in [0.2, 0.25) is 5.91 Å². The molecule has 146 valence electrons. The molecular weight excluding hydrogens is 360 g/mol. The van der Waals surface area contributed by atoms with E-state index in [0.29, 0.717) is 17.8 Å². The first-order valence-corrected chi connectivity index (χ1v) is 8.95. The van der Waals surface area contributed by atoms with Gasteiger partial charge in [-0.05, 0) is 54.9 Å². The van der Waals surface area contributed by atoms with Crippen molar-refractivity contribution >= 4 is 23.5 Å². The maximum atomic E-state index is 12.7. The van der Waals surface area contributed by atoms with E-state index in [1.54, 1.807) is 19.2 Å². The summed E-state index contributed by atoms with van der Waals surface area (Å²) in [5.41, 5.74) is 1.92. The predicted octanol–water partition coefficient (Wildman–Crippen LogP) is 1.95. The number of nitrogens with one attached hydrogen (secondary N) is 1. The molecule has 7 nitrogen and oxygen atoms in total. The van der Waals surface area contributed by atoms with Crippen molar-refractivity contribution in [2.45, 2.75) is 18.9 Å². The zero-order chi connectivity index (χ0) is 20.1. The first-order valence-electron chi connectivity index (χ1n) is 8.95. The van der Waals surface area contributed by atoms with Gasteiger partial charge in [-0.2, -0.15) is 0 Å². The lowest BCUT2D eigenvalue weighted by molar-refractivity contribution is -0.121. The van der Waals surface area contributed by atoms with Crippen molar-refractivity contribution in [2.24, 2.45) is 0 Å². The maximum absolute atomic E-state index is 12.7. The molecule has 1 N–H and O–H groups in total. The summed E-state index contributed by atoms with van der Waals surface area (Å²) in [5, 5.41) is 3.16. The number of amides is 2. The minimum Gasteiger partial charge on any atom is -0.497 e. The minimum atomic E-state index is -0.550. The number of anilines is 1. The highest BCUT2D eigenvalue weighted by atomic mass is 16.5. The van der Waals surface area contributed by atoms with Crippen LogP contribution in [0.1, 0.15) is 22.3 Å². The number of benzene rings is 2. The Bertz CT molecular complexity index is 861. The van der Waals surface area contributed by atoms with Crippen molar-refractivity contribution in [3.05, 3.63) is 59.7 Å². The number of nitrogens with zero attached hydrogens (tertiary/aromatic N) is 1. The second-order valence-electron chi connectivity index (χ2n) is 6.41. The predicted molar refractivity (Wildman–Crippen MR) is 103 cm³/mol. The number of carbonyl (C=O) groups is 3. The lowest BCUT2D eigenvalue weighted by Crippen LogP contribution is -2.39. The van der Waals surface area contributed by atoms with E-state index in [2.05, 4.69) is 10.1 Å². The summed E-state index contributed by atoms with van der Waals surface area (Å²) >= 11 is 0. The number of esters is 1. The molecule has 1 unspecified atom stereocenters. The van der Waals surface area contributed by atoms with E-state index < -0.39 is 12.0 Å². The second-order valence-corrected chi connectivity index (χ2v) is 6.41. The van der Waals surface area contributed by atoms with Crippen LogP contribution in [-0.2, 0) is 20.7 Å². The Balaban J connectivity index is 1.59. The molecule has 1 heterocycles. The lowest BCUT2D eigenvalue weighted by atomic mass is 10.1. The highest BCUT2D eigenvalue weighted by Crippen LogP contribution is 2.23. The summed E-state index contributed by atoms with van der Waals surface area (Å²) in [6, 6.07) is 13.4. The molecule has 0 aromatic heterocycles. The van der Waals surface area contributed by atoms with Crippen LogP contribution in [0, 0.1) is 0 Å². The fourth-order valence-corrected chi connectivity index (χ4v) is 3.11. The number of hydrogen-bond acceptors (Lipinski definition) is 6. The van der Waals surface area contributed by atoms with Crippen molar-refractivity contribution < 1.29 is 23.9 Å². The molecule has 28 heavy (non-hydrogen) atoms. The van der Waals surface area contributed by atoms with Crippen LogP contribution < -0.4 is 15.0 Å². The van der Waals surface area contributed by atoms with Crippen molar-refractivity contribution in [3.8, 4) is 5.75 Å². The van der Waals surface area contributed by atoms with E-state index >= 15 is 0 Å². The average Bonchev–Trinajstić information content (AvgIpc) is 3.01. The van der Waals surface area contributed by atoms with Crippen LogP contribution in [0.3, 0.4) is 0 Å². The molecule has 2 amide bonds. The number of hydrogen-bond donors (Lipinski definition) is 1. The first kappa shape index (κ1) is 19.6. The van der Waals surface area contributed by atoms with Gasteiger partial charge in [-0.25, -0.2) is 9.69 Å². The molecule has 2 aromatic carbocycles. The van der Waals surface area contributed by atoms with Crippen LogP contribution in [-0.4, -0.2) is 44.6 Å². The molecule has 1 atom stereocenters. The van der Waals surface area contributed by atoms with E-state index in [1.807, 2.05) is 24.3 Å². The van der Waals surface area contributed by atoms with Crippen LogP contribution >= 0.6 is 0 Å². The SMILES string of the molecule is COC(=O)c1ccc(N2C(=O)CC(NCCc3ccc(OC)cc3)C2=O)cc1. The van der Waals surface area contributed by atoms with Gasteiger partial charge < -0.3 is 14.8 Å². The third kappa shape index (κ3) is 4.20. The first-order chi connectivity index (χ1) is 13.5. The van der Waals surface area contributed by atoms with Crippen molar-refractivity contribution in [2.75, 3.05) is 25.7 Å². The molecule has 2 aromatic rings. The fraction of sp³-hybridized carbons (Fsp3) is 0.286. The summed E-state index contributed by atoms with van der Waals surface area (Å²) in [5.74, 6) is -0.228. The molecule has 7 heteroatoms. The molecule has 0 bridgehead atoms. The number of rotatable bonds is 7. The van der Waals surface area contributed by atoms with E-state index in [9.17, 15) is 14.4 Å². The van der Waals surface area contributed by atoms with Crippen molar-refractivity contribution in [3.63, 3.8) is 0 Å². The van der Waals surface area contributed by atoms with E-state index in [1.165, 1.54) is 19.2 Å². The van der Waals surface area contributed by atoms with Gasteiger partial charge in [0.25, 0.3) is 5.91 Å². The molecule has 1 fully saturated rings. The zero-order valence-electron chi connectivity index (χ0n) is 15.8. The Morgan fingerprint density at radius 2 is 1.75 bits per heavy atom. The van der Waals surface area contributed by atoms with Crippen LogP contribution in [0.15, 0.2) is 48.5 Å². The highest BCUT2D eigenvalue weighted by molar-refractivity contribution is 6.22. The molecule has 1 aliphatic rings. The van der Waals surface area contributed by atoms with Crippen LogP contribution in [0.2, 0.25) is 0 Å². The van der Waals surface area contributed by atoms with Crippen LogP contribution in [0.4, 0.5) is 5.69 Å². The Kier molecular flexibility index (Phi) is 6.06. The summed E-state index contributed by atoms with van der Waals surface area (Å²) in [7, 11) is 2.92. The monoisotopic (exact) mass is 382 g/mol. The summed E-state index contributed by atoms with van der Waals surface area (Å²) in [6.45, 7) is 0.575. The van der Waals surface area contributed by atoms with Crippen LogP contribution in [0.25, 0.3) is 0 Å². The number of methoxy groups -OCH3 is 2. The summed E-state index contributed by atoms with van der Waals surface area (Å²) in [6.07, 6.45) is 0.843. The van der Waals surface area contributed by atoms with Crippen molar-refractivity contribution in [1.29, 1.82) is 0 Å². The summed E-state index contributed by atoms with van der Waals surface area (Å²) < 4.78 is 9.78. The molecule has 0 saturated carbocycles. The number of imide groups is 1. The quantitative estimate of drug-likeness (QED) is 0.582. The molecule has 0 aliphatic carbocycles. The molecule has 0 radical (unpaired) electrons. The Hall–Kier alpha value is -3.19.